The second-order valence-corrected chi connectivity index (χ2v) is 5.61. The van der Waals surface area contributed by atoms with Crippen molar-refractivity contribution in [2.45, 2.75) is 26.1 Å². The van der Waals surface area contributed by atoms with Gasteiger partial charge < -0.3 is 10.1 Å². The third kappa shape index (κ3) is 4.41. The third-order valence-corrected chi connectivity index (χ3v) is 3.64. The number of carbonyl (C=O) groups is 1. The molecule has 0 saturated carbocycles. The molecule has 0 bridgehead atoms. The lowest BCUT2D eigenvalue weighted by molar-refractivity contribution is -0.137. The highest BCUT2D eigenvalue weighted by atomic mass is 35.5. The molecule has 0 aliphatic carbocycles. The van der Waals surface area contributed by atoms with Crippen molar-refractivity contribution >= 4 is 23.2 Å². The summed E-state index contributed by atoms with van der Waals surface area (Å²) in [5.41, 5.74) is -0.158. The predicted molar refractivity (Wildman–Crippen MR) is 86.4 cm³/mol. The molecule has 2 rings (SSSR count). The average Bonchev–Trinajstić information content (AvgIpc) is 2.50. The van der Waals surface area contributed by atoms with Gasteiger partial charge >= 0.3 is 6.18 Å². The Bertz CT molecular complexity index is 747. The first-order valence-electron chi connectivity index (χ1n) is 7.08. The minimum atomic E-state index is -4.60. The van der Waals surface area contributed by atoms with Gasteiger partial charge in [0.25, 0.3) is 5.91 Å². The van der Waals surface area contributed by atoms with Gasteiger partial charge in [0.05, 0.1) is 10.6 Å². The molecule has 1 amide bonds. The summed E-state index contributed by atoms with van der Waals surface area (Å²) in [7, 11) is 0. The standard InChI is InChI=1S/C17H15ClF3NO2/c1-10-5-3-4-6-15(10)24-11(2)16(23)22-12-7-8-14(18)13(9-12)17(19,20)21/h3-9,11H,1-2H3,(H,22,23). The maximum atomic E-state index is 12.8. The van der Waals surface area contributed by atoms with Crippen molar-refractivity contribution in [1.82, 2.24) is 0 Å². The Morgan fingerprint density at radius 2 is 1.88 bits per heavy atom. The molecule has 2 aromatic carbocycles. The monoisotopic (exact) mass is 357 g/mol. The van der Waals surface area contributed by atoms with E-state index >= 15 is 0 Å². The third-order valence-electron chi connectivity index (χ3n) is 3.31. The molecular weight excluding hydrogens is 343 g/mol. The molecule has 0 heterocycles. The van der Waals surface area contributed by atoms with Gasteiger partial charge in [0.2, 0.25) is 0 Å². The lowest BCUT2D eigenvalue weighted by Crippen LogP contribution is -2.30. The highest BCUT2D eigenvalue weighted by Crippen LogP contribution is 2.36. The molecule has 0 saturated heterocycles. The molecule has 3 nitrogen and oxygen atoms in total. The van der Waals surface area contributed by atoms with Gasteiger partial charge in [-0.1, -0.05) is 29.8 Å². The van der Waals surface area contributed by atoms with Crippen molar-refractivity contribution in [3.8, 4) is 5.75 Å². The van der Waals surface area contributed by atoms with E-state index in [0.29, 0.717) is 5.75 Å². The molecule has 1 unspecified atom stereocenters. The number of hydrogen-bond donors (Lipinski definition) is 1. The zero-order chi connectivity index (χ0) is 17.9. The summed E-state index contributed by atoms with van der Waals surface area (Å²) in [4.78, 5) is 12.1. The number of aryl methyl sites for hydroxylation is 1. The number of amides is 1. The molecule has 0 aliphatic heterocycles. The van der Waals surface area contributed by atoms with Crippen LogP contribution in [0.1, 0.15) is 18.1 Å². The van der Waals surface area contributed by atoms with Crippen molar-refractivity contribution in [2.24, 2.45) is 0 Å². The van der Waals surface area contributed by atoms with Crippen LogP contribution in [0.3, 0.4) is 0 Å². The first-order chi connectivity index (χ1) is 11.2. The number of nitrogens with one attached hydrogen (secondary N) is 1. The molecule has 0 spiro atoms. The predicted octanol–water partition coefficient (Wildman–Crippen LogP) is 5.07. The SMILES string of the molecule is Cc1ccccc1OC(C)C(=O)Nc1ccc(Cl)c(C(F)(F)F)c1. The lowest BCUT2D eigenvalue weighted by atomic mass is 10.2. The summed E-state index contributed by atoms with van der Waals surface area (Å²) in [6.45, 7) is 3.34. The Morgan fingerprint density at radius 3 is 2.50 bits per heavy atom. The van der Waals surface area contributed by atoms with Crippen LogP contribution in [0.25, 0.3) is 0 Å². The Hall–Kier alpha value is -2.21. The largest absolute Gasteiger partial charge is 0.481 e. The zero-order valence-electron chi connectivity index (χ0n) is 12.9. The van der Waals surface area contributed by atoms with Gasteiger partial charge in [-0.2, -0.15) is 13.2 Å². The first kappa shape index (κ1) is 18.1. The van der Waals surface area contributed by atoms with Crippen LogP contribution < -0.4 is 10.1 Å². The molecule has 0 aliphatic rings. The van der Waals surface area contributed by atoms with Gasteiger partial charge in [0, 0.05) is 5.69 Å². The maximum Gasteiger partial charge on any atom is 0.417 e. The summed E-state index contributed by atoms with van der Waals surface area (Å²) >= 11 is 5.55. The molecule has 7 heteroatoms. The van der Waals surface area contributed by atoms with Crippen molar-refractivity contribution in [3.63, 3.8) is 0 Å². The molecular formula is C17H15ClF3NO2. The van der Waals surface area contributed by atoms with Crippen LogP contribution in [0.5, 0.6) is 5.75 Å². The fraction of sp³-hybridized carbons (Fsp3) is 0.235. The normalized spacial score (nSPS) is 12.6. The Balaban J connectivity index is 2.11. The van der Waals surface area contributed by atoms with E-state index in [1.165, 1.54) is 13.0 Å². The molecule has 24 heavy (non-hydrogen) atoms. The molecule has 1 atom stereocenters. The maximum absolute atomic E-state index is 12.8. The summed E-state index contributed by atoms with van der Waals surface area (Å²) < 4.78 is 44.0. The van der Waals surface area contributed by atoms with Crippen LogP contribution in [0.2, 0.25) is 5.02 Å². The number of rotatable bonds is 4. The van der Waals surface area contributed by atoms with E-state index in [1.54, 1.807) is 12.1 Å². The van der Waals surface area contributed by atoms with E-state index in [2.05, 4.69) is 5.32 Å². The van der Waals surface area contributed by atoms with E-state index in [-0.39, 0.29) is 5.69 Å². The summed E-state index contributed by atoms with van der Waals surface area (Å²) in [5, 5.41) is 1.97. The topological polar surface area (TPSA) is 38.3 Å². The number of para-hydroxylation sites is 1. The number of halogens is 4. The van der Waals surface area contributed by atoms with Crippen LogP contribution >= 0.6 is 11.6 Å². The number of carbonyl (C=O) groups excluding carboxylic acids is 1. The molecule has 0 aromatic heterocycles. The van der Waals surface area contributed by atoms with Crippen LogP contribution in [-0.4, -0.2) is 12.0 Å². The van der Waals surface area contributed by atoms with Gasteiger partial charge in [0.1, 0.15) is 5.75 Å². The highest BCUT2D eigenvalue weighted by Gasteiger charge is 2.33. The number of ether oxygens (including phenoxy) is 1. The number of benzene rings is 2. The fourth-order valence-corrected chi connectivity index (χ4v) is 2.22. The zero-order valence-corrected chi connectivity index (χ0v) is 13.7. The number of hydrogen-bond acceptors (Lipinski definition) is 2. The Kier molecular flexibility index (Phi) is 5.39. The number of alkyl halides is 3. The second-order valence-electron chi connectivity index (χ2n) is 5.21. The van der Waals surface area contributed by atoms with E-state index in [9.17, 15) is 18.0 Å². The lowest BCUT2D eigenvalue weighted by Gasteiger charge is -2.17. The van der Waals surface area contributed by atoms with Crippen LogP contribution in [0, 0.1) is 6.92 Å². The minimum absolute atomic E-state index is 0.00282. The van der Waals surface area contributed by atoms with Crippen molar-refractivity contribution in [3.05, 3.63) is 58.6 Å². The second kappa shape index (κ2) is 7.13. The van der Waals surface area contributed by atoms with Gasteiger partial charge in [-0.15, -0.1) is 0 Å². The molecule has 0 radical (unpaired) electrons. The van der Waals surface area contributed by atoms with E-state index in [0.717, 1.165) is 17.7 Å². The quantitative estimate of drug-likeness (QED) is 0.829. The van der Waals surface area contributed by atoms with E-state index in [4.69, 9.17) is 16.3 Å². The van der Waals surface area contributed by atoms with Gasteiger partial charge in [0.15, 0.2) is 6.10 Å². The molecule has 2 aromatic rings. The van der Waals surface area contributed by atoms with Crippen molar-refractivity contribution in [2.75, 3.05) is 5.32 Å². The molecule has 0 fully saturated rings. The number of anilines is 1. The molecule has 1 N–H and O–H groups in total. The Morgan fingerprint density at radius 1 is 1.21 bits per heavy atom. The van der Waals surface area contributed by atoms with Gasteiger partial charge in [-0.3, -0.25) is 4.79 Å². The Labute approximate surface area is 142 Å². The smallest absolute Gasteiger partial charge is 0.417 e. The first-order valence-corrected chi connectivity index (χ1v) is 7.46. The summed E-state index contributed by atoms with van der Waals surface area (Å²) in [6, 6.07) is 10.3. The fourth-order valence-electron chi connectivity index (χ4n) is 2.00. The highest BCUT2D eigenvalue weighted by molar-refractivity contribution is 6.31. The van der Waals surface area contributed by atoms with Gasteiger partial charge in [-0.05, 0) is 43.7 Å². The molecule has 128 valence electrons. The van der Waals surface area contributed by atoms with Gasteiger partial charge in [-0.25, -0.2) is 0 Å². The minimum Gasteiger partial charge on any atom is -0.481 e. The summed E-state index contributed by atoms with van der Waals surface area (Å²) in [5.74, 6) is -0.0269. The van der Waals surface area contributed by atoms with E-state index in [1.807, 2.05) is 19.1 Å². The van der Waals surface area contributed by atoms with Crippen molar-refractivity contribution < 1.29 is 22.7 Å². The summed E-state index contributed by atoms with van der Waals surface area (Å²) in [6.07, 6.45) is -5.47. The average molecular weight is 358 g/mol. The van der Waals surface area contributed by atoms with E-state index < -0.39 is 28.8 Å². The van der Waals surface area contributed by atoms with Crippen LogP contribution in [0.4, 0.5) is 18.9 Å². The van der Waals surface area contributed by atoms with Crippen LogP contribution in [-0.2, 0) is 11.0 Å². The van der Waals surface area contributed by atoms with Crippen LogP contribution in [0.15, 0.2) is 42.5 Å². The van der Waals surface area contributed by atoms with Crippen molar-refractivity contribution in [1.29, 1.82) is 0 Å².